The molecule has 1 aromatic rings. The average Bonchev–Trinajstić information content (AvgIpc) is 2.48. The van der Waals surface area contributed by atoms with E-state index in [1.165, 1.54) is 0 Å². The number of aromatic hydroxyl groups is 1. The molecule has 0 bridgehead atoms. The summed E-state index contributed by atoms with van der Waals surface area (Å²) < 4.78 is 0. The second-order valence-electron chi connectivity index (χ2n) is 5.15. The van der Waals surface area contributed by atoms with Crippen LogP contribution in [0.2, 0.25) is 0 Å². The smallest absolute Gasteiger partial charge is 0.254 e. The van der Waals surface area contributed by atoms with Gasteiger partial charge < -0.3 is 15.2 Å². The van der Waals surface area contributed by atoms with Crippen LogP contribution in [0, 0.1) is 12.8 Å². The second kappa shape index (κ2) is 5.94. The van der Waals surface area contributed by atoms with Crippen LogP contribution in [0.3, 0.4) is 0 Å². The van der Waals surface area contributed by atoms with Crippen molar-refractivity contribution < 1.29 is 15.1 Å². The number of carbonyl (C=O) groups is 1. The first-order valence-corrected chi connectivity index (χ1v) is 6.87. The number of amides is 1. The second-order valence-corrected chi connectivity index (χ2v) is 5.15. The molecular formula is C15H20N2O3. The number of hydrogen-bond donors (Lipinski definition) is 2. The molecular weight excluding hydrogens is 256 g/mol. The van der Waals surface area contributed by atoms with E-state index in [4.69, 9.17) is 5.21 Å². The Labute approximate surface area is 118 Å². The molecule has 2 N–H and O–H groups in total. The molecule has 0 saturated carbocycles. The van der Waals surface area contributed by atoms with E-state index in [1.807, 2.05) is 6.92 Å². The van der Waals surface area contributed by atoms with Gasteiger partial charge in [-0.15, -0.1) is 0 Å². The zero-order valence-electron chi connectivity index (χ0n) is 11.8. The predicted octanol–water partition coefficient (Wildman–Crippen LogP) is 2.40. The van der Waals surface area contributed by atoms with Crippen LogP contribution in [0.5, 0.6) is 5.75 Å². The van der Waals surface area contributed by atoms with Crippen molar-refractivity contribution in [3.63, 3.8) is 0 Å². The van der Waals surface area contributed by atoms with E-state index in [2.05, 4.69) is 5.16 Å². The topological polar surface area (TPSA) is 73.1 Å². The van der Waals surface area contributed by atoms with E-state index < -0.39 is 0 Å². The number of carbonyl (C=O) groups excluding carboxylic acids is 1. The van der Waals surface area contributed by atoms with Gasteiger partial charge in [0.1, 0.15) is 5.75 Å². The van der Waals surface area contributed by atoms with Gasteiger partial charge in [-0.1, -0.05) is 18.1 Å². The average molecular weight is 276 g/mol. The Morgan fingerprint density at radius 1 is 1.50 bits per heavy atom. The van der Waals surface area contributed by atoms with Gasteiger partial charge in [0.05, 0.1) is 5.71 Å². The van der Waals surface area contributed by atoms with Crippen LogP contribution in [0.4, 0.5) is 0 Å². The SMILES string of the molecule is CCC1CN(C(=O)c2cccc(O)c2C)CC/C1=N\O. The highest BCUT2D eigenvalue weighted by Crippen LogP contribution is 2.24. The molecule has 0 aromatic heterocycles. The molecule has 0 radical (unpaired) electrons. The Morgan fingerprint density at radius 2 is 2.25 bits per heavy atom. The summed E-state index contributed by atoms with van der Waals surface area (Å²) in [5.41, 5.74) is 1.90. The van der Waals surface area contributed by atoms with Crippen molar-refractivity contribution in [2.45, 2.75) is 26.7 Å². The van der Waals surface area contributed by atoms with Crippen LogP contribution in [-0.2, 0) is 0 Å². The van der Waals surface area contributed by atoms with Crippen molar-refractivity contribution >= 4 is 11.6 Å². The van der Waals surface area contributed by atoms with Crippen molar-refractivity contribution in [2.75, 3.05) is 13.1 Å². The summed E-state index contributed by atoms with van der Waals surface area (Å²) in [6.07, 6.45) is 1.43. The van der Waals surface area contributed by atoms with Gasteiger partial charge in [0.25, 0.3) is 5.91 Å². The number of phenolic OH excluding ortho intramolecular Hbond substituents is 1. The minimum atomic E-state index is -0.0751. The van der Waals surface area contributed by atoms with Gasteiger partial charge in [0.2, 0.25) is 0 Å². The monoisotopic (exact) mass is 276 g/mol. The third-order valence-electron chi connectivity index (χ3n) is 3.99. The zero-order chi connectivity index (χ0) is 14.7. The van der Waals surface area contributed by atoms with E-state index in [0.29, 0.717) is 30.6 Å². The normalized spacial score (nSPS) is 21.2. The highest BCUT2D eigenvalue weighted by Gasteiger charge is 2.29. The highest BCUT2D eigenvalue weighted by molar-refractivity contribution is 5.98. The summed E-state index contributed by atoms with van der Waals surface area (Å²) >= 11 is 0. The number of hydrogen-bond acceptors (Lipinski definition) is 4. The van der Waals surface area contributed by atoms with Crippen molar-refractivity contribution in [3.8, 4) is 5.75 Å². The third-order valence-corrected chi connectivity index (χ3v) is 3.99. The number of rotatable bonds is 2. The molecule has 5 heteroatoms. The van der Waals surface area contributed by atoms with Gasteiger partial charge in [-0.2, -0.15) is 0 Å². The first kappa shape index (κ1) is 14.4. The summed E-state index contributed by atoms with van der Waals surface area (Å²) in [4.78, 5) is 14.3. The summed E-state index contributed by atoms with van der Waals surface area (Å²) in [5.74, 6) is 0.168. The molecule has 1 aromatic carbocycles. The van der Waals surface area contributed by atoms with Crippen LogP contribution in [0.1, 0.15) is 35.7 Å². The molecule has 1 heterocycles. The third kappa shape index (κ3) is 2.61. The largest absolute Gasteiger partial charge is 0.508 e. The first-order chi connectivity index (χ1) is 9.58. The van der Waals surface area contributed by atoms with E-state index in [1.54, 1.807) is 30.0 Å². The standard InChI is InChI=1S/C15H20N2O3/c1-3-11-9-17(8-7-13(11)16-20)15(19)12-5-4-6-14(18)10(12)2/h4-6,11,18,20H,3,7-9H2,1-2H3/b16-13+. The van der Waals surface area contributed by atoms with Gasteiger partial charge in [-0.05, 0) is 25.5 Å². The number of nitrogens with zero attached hydrogens (tertiary/aromatic N) is 2. The Kier molecular flexibility index (Phi) is 4.27. The van der Waals surface area contributed by atoms with E-state index in [9.17, 15) is 9.90 Å². The maximum absolute atomic E-state index is 12.5. The number of piperidine rings is 1. The fourth-order valence-electron chi connectivity index (χ4n) is 2.62. The lowest BCUT2D eigenvalue weighted by Crippen LogP contribution is -2.44. The molecule has 108 valence electrons. The molecule has 20 heavy (non-hydrogen) atoms. The molecule has 0 spiro atoms. The summed E-state index contributed by atoms with van der Waals surface area (Å²) in [7, 11) is 0. The molecule has 1 saturated heterocycles. The minimum Gasteiger partial charge on any atom is -0.508 e. The fourth-order valence-corrected chi connectivity index (χ4v) is 2.62. The Morgan fingerprint density at radius 3 is 2.90 bits per heavy atom. The number of likely N-dealkylation sites (tertiary alicyclic amines) is 1. The number of oxime groups is 1. The van der Waals surface area contributed by atoms with Crippen LogP contribution >= 0.6 is 0 Å². The lowest BCUT2D eigenvalue weighted by atomic mass is 9.92. The summed E-state index contributed by atoms with van der Waals surface area (Å²) in [5, 5.41) is 22.0. The lowest BCUT2D eigenvalue weighted by molar-refractivity contribution is 0.0727. The molecule has 1 aliphatic rings. The summed E-state index contributed by atoms with van der Waals surface area (Å²) in [6.45, 7) is 4.86. The van der Waals surface area contributed by atoms with Crippen LogP contribution < -0.4 is 0 Å². The molecule has 1 unspecified atom stereocenters. The first-order valence-electron chi connectivity index (χ1n) is 6.87. The summed E-state index contributed by atoms with van der Waals surface area (Å²) in [6, 6.07) is 4.99. The molecule has 0 aliphatic carbocycles. The van der Waals surface area contributed by atoms with Gasteiger partial charge >= 0.3 is 0 Å². The van der Waals surface area contributed by atoms with E-state index >= 15 is 0 Å². The Bertz CT molecular complexity index is 540. The fraction of sp³-hybridized carbons (Fsp3) is 0.467. The van der Waals surface area contributed by atoms with Gasteiger partial charge in [0, 0.05) is 36.6 Å². The van der Waals surface area contributed by atoms with Gasteiger partial charge in [0.15, 0.2) is 0 Å². The van der Waals surface area contributed by atoms with Gasteiger partial charge in [-0.3, -0.25) is 4.79 Å². The lowest BCUT2D eigenvalue weighted by Gasteiger charge is -2.33. The van der Waals surface area contributed by atoms with Crippen LogP contribution in [0.25, 0.3) is 0 Å². The minimum absolute atomic E-state index is 0.0751. The van der Waals surface area contributed by atoms with Crippen molar-refractivity contribution in [1.29, 1.82) is 0 Å². The molecule has 1 fully saturated rings. The molecule has 1 aliphatic heterocycles. The maximum Gasteiger partial charge on any atom is 0.254 e. The van der Waals surface area contributed by atoms with Crippen molar-refractivity contribution in [2.24, 2.45) is 11.1 Å². The van der Waals surface area contributed by atoms with Gasteiger partial charge in [-0.25, -0.2) is 0 Å². The number of phenols is 1. The predicted molar refractivity (Wildman–Crippen MR) is 76.4 cm³/mol. The van der Waals surface area contributed by atoms with Crippen molar-refractivity contribution in [3.05, 3.63) is 29.3 Å². The van der Waals surface area contributed by atoms with Crippen LogP contribution in [0.15, 0.2) is 23.4 Å². The van der Waals surface area contributed by atoms with E-state index in [0.717, 1.165) is 12.1 Å². The number of benzene rings is 1. The maximum atomic E-state index is 12.5. The molecule has 1 atom stereocenters. The Balaban J connectivity index is 2.20. The molecule has 5 nitrogen and oxygen atoms in total. The molecule has 1 amide bonds. The zero-order valence-corrected chi connectivity index (χ0v) is 11.8. The Hall–Kier alpha value is -2.04. The quantitative estimate of drug-likeness (QED) is 0.643. The van der Waals surface area contributed by atoms with Crippen molar-refractivity contribution in [1.82, 2.24) is 4.90 Å². The van der Waals surface area contributed by atoms with Crippen LogP contribution in [-0.4, -0.2) is 39.9 Å². The highest BCUT2D eigenvalue weighted by atomic mass is 16.4. The molecule has 2 rings (SSSR count). The van der Waals surface area contributed by atoms with E-state index in [-0.39, 0.29) is 17.6 Å².